The molecule has 0 saturated carbocycles. The second-order valence-electron chi connectivity index (χ2n) is 5.66. The van der Waals surface area contributed by atoms with Crippen LogP contribution in [0.3, 0.4) is 0 Å². The topological polar surface area (TPSA) is 64.7 Å². The van der Waals surface area contributed by atoms with Crippen LogP contribution in [0.2, 0.25) is 0 Å². The van der Waals surface area contributed by atoms with Crippen LogP contribution >= 0.6 is 0 Å². The number of amides is 3. The van der Waals surface area contributed by atoms with Crippen molar-refractivity contribution in [3.05, 3.63) is 0 Å². The molecule has 114 valence electrons. The summed E-state index contributed by atoms with van der Waals surface area (Å²) in [4.78, 5) is 28.2. The lowest BCUT2D eigenvalue weighted by molar-refractivity contribution is -0.126. The molecular formula is C14H26N4O2. The Morgan fingerprint density at radius 3 is 2.45 bits per heavy atom. The number of carbonyl (C=O) groups excluding carboxylic acids is 2. The molecule has 0 aromatic rings. The third kappa shape index (κ3) is 3.85. The molecular weight excluding hydrogens is 256 g/mol. The largest absolute Gasteiger partial charge is 0.355 e. The standard InChI is InChI=1S/C14H26N4O2/c1-15-6-7-16-13(19)12-5-4-10-18(11-12)14(20)17-8-2-3-9-17/h12,15H,2-11H2,1H3,(H,16,19). The van der Waals surface area contributed by atoms with Crippen molar-refractivity contribution in [3.63, 3.8) is 0 Å². The maximum atomic E-state index is 12.3. The van der Waals surface area contributed by atoms with Crippen LogP contribution in [0.1, 0.15) is 25.7 Å². The Labute approximate surface area is 120 Å². The molecule has 0 aliphatic carbocycles. The molecule has 6 heteroatoms. The number of nitrogens with zero attached hydrogens (tertiary/aromatic N) is 2. The van der Waals surface area contributed by atoms with Crippen molar-refractivity contribution in [3.8, 4) is 0 Å². The zero-order chi connectivity index (χ0) is 14.4. The van der Waals surface area contributed by atoms with Gasteiger partial charge in [0.25, 0.3) is 0 Å². The molecule has 2 saturated heterocycles. The minimum atomic E-state index is -0.0489. The lowest BCUT2D eigenvalue weighted by Gasteiger charge is -2.34. The number of piperidine rings is 1. The van der Waals surface area contributed by atoms with Crippen LogP contribution in [0.5, 0.6) is 0 Å². The van der Waals surface area contributed by atoms with Gasteiger partial charge in [-0.3, -0.25) is 4.79 Å². The summed E-state index contributed by atoms with van der Waals surface area (Å²) in [5, 5.41) is 5.93. The molecule has 3 amide bonds. The number of hydrogen-bond acceptors (Lipinski definition) is 3. The van der Waals surface area contributed by atoms with Crippen molar-refractivity contribution in [2.75, 3.05) is 46.3 Å². The van der Waals surface area contributed by atoms with Gasteiger partial charge in [-0.1, -0.05) is 0 Å². The van der Waals surface area contributed by atoms with Crippen LogP contribution in [-0.2, 0) is 4.79 Å². The molecule has 0 spiro atoms. The van der Waals surface area contributed by atoms with Gasteiger partial charge in [-0.25, -0.2) is 4.79 Å². The maximum absolute atomic E-state index is 12.3. The summed E-state index contributed by atoms with van der Waals surface area (Å²) in [6, 6.07) is 0.121. The van der Waals surface area contributed by atoms with Gasteiger partial charge in [-0.15, -0.1) is 0 Å². The molecule has 20 heavy (non-hydrogen) atoms. The highest BCUT2D eigenvalue weighted by Crippen LogP contribution is 2.19. The zero-order valence-corrected chi connectivity index (χ0v) is 12.4. The summed E-state index contributed by atoms with van der Waals surface area (Å²) in [6.45, 7) is 4.51. The van der Waals surface area contributed by atoms with E-state index in [1.807, 2.05) is 16.8 Å². The number of likely N-dealkylation sites (tertiary alicyclic amines) is 2. The van der Waals surface area contributed by atoms with Crippen LogP contribution in [0.25, 0.3) is 0 Å². The number of urea groups is 1. The van der Waals surface area contributed by atoms with Crippen molar-refractivity contribution >= 4 is 11.9 Å². The van der Waals surface area contributed by atoms with E-state index in [-0.39, 0.29) is 17.9 Å². The maximum Gasteiger partial charge on any atom is 0.320 e. The number of hydrogen-bond donors (Lipinski definition) is 2. The molecule has 2 rings (SSSR count). The summed E-state index contributed by atoms with van der Waals surface area (Å²) in [5.41, 5.74) is 0. The minimum Gasteiger partial charge on any atom is -0.355 e. The summed E-state index contributed by atoms with van der Waals surface area (Å²) in [7, 11) is 1.86. The molecule has 6 nitrogen and oxygen atoms in total. The van der Waals surface area contributed by atoms with Crippen LogP contribution in [0.15, 0.2) is 0 Å². The SMILES string of the molecule is CNCCNC(=O)C1CCCN(C(=O)N2CCCC2)C1. The van der Waals surface area contributed by atoms with E-state index in [0.29, 0.717) is 13.1 Å². The van der Waals surface area contributed by atoms with Crippen molar-refractivity contribution in [2.45, 2.75) is 25.7 Å². The smallest absolute Gasteiger partial charge is 0.320 e. The summed E-state index contributed by atoms with van der Waals surface area (Å²) >= 11 is 0. The third-order valence-corrected chi connectivity index (χ3v) is 4.11. The second-order valence-corrected chi connectivity index (χ2v) is 5.66. The van der Waals surface area contributed by atoms with E-state index in [0.717, 1.165) is 51.9 Å². The van der Waals surface area contributed by atoms with Gasteiger partial charge in [-0.05, 0) is 32.7 Å². The number of carbonyl (C=O) groups is 2. The predicted molar refractivity (Wildman–Crippen MR) is 77.4 cm³/mol. The first-order valence-corrected chi connectivity index (χ1v) is 7.68. The van der Waals surface area contributed by atoms with Gasteiger partial charge in [0, 0.05) is 39.3 Å². The molecule has 0 bridgehead atoms. The monoisotopic (exact) mass is 282 g/mol. The van der Waals surface area contributed by atoms with E-state index >= 15 is 0 Å². The Morgan fingerprint density at radius 1 is 1.05 bits per heavy atom. The Morgan fingerprint density at radius 2 is 1.75 bits per heavy atom. The van der Waals surface area contributed by atoms with Gasteiger partial charge in [0.15, 0.2) is 0 Å². The van der Waals surface area contributed by atoms with Crippen LogP contribution in [0, 0.1) is 5.92 Å². The highest BCUT2D eigenvalue weighted by molar-refractivity contribution is 5.81. The zero-order valence-electron chi connectivity index (χ0n) is 12.4. The quantitative estimate of drug-likeness (QED) is 0.727. The highest BCUT2D eigenvalue weighted by atomic mass is 16.2. The summed E-state index contributed by atoms with van der Waals surface area (Å²) < 4.78 is 0. The Bertz CT molecular complexity index is 342. The first kappa shape index (κ1) is 15.1. The molecule has 2 aliphatic heterocycles. The summed E-state index contributed by atoms with van der Waals surface area (Å²) in [5.74, 6) is 0.0336. The van der Waals surface area contributed by atoms with Crippen molar-refractivity contribution in [1.82, 2.24) is 20.4 Å². The normalized spacial score (nSPS) is 22.9. The Kier molecular flexibility index (Phi) is 5.64. The molecule has 0 radical (unpaired) electrons. The van der Waals surface area contributed by atoms with Gasteiger partial charge in [0.05, 0.1) is 5.92 Å². The fourth-order valence-corrected chi connectivity index (χ4v) is 2.93. The van der Waals surface area contributed by atoms with E-state index in [2.05, 4.69) is 10.6 Å². The molecule has 2 heterocycles. The van der Waals surface area contributed by atoms with Crippen LogP contribution < -0.4 is 10.6 Å². The fourth-order valence-electron chi connectivity index (χ4n) is 2.93. The average molecular weight is 282 g/mol. The highest BCUT2D eigenvalue weighted by Gasteiger charge is 2.31. The minimum absolute atomic E-state index is 0.0489. The molecule has 0 aromatic heterocycles. The lowest BCUT2D eigenvalue weighted by Crippen LogP contribution is -2.50. The molecule has 2 fully saturated rings. The predicted octanol–water partition coefficient (Wildman–Crippen LogP) is 0.250. The molecule has 2 aliphatic rings. The summed E-state index contributed by atoms with van der Waals surface area (Å²) in [6.07, 6.45) is 4.01. The van der Waals surface area contributed by atoms with Gasteiger partial charge in [-0.2, -0.15) is 0 Å². The van der Waals surface area contributed by atoms with Crippen molar-refractivity contribution in [2.24, 2.45) is 5.92 Å². The molecule has 1 atom stereocenters. The Balaban J connectivity index is 1.81. The second kappa shape index (κ2) is 7.47. The number of nitrogens with one attached hydrogen (secondary N) is 2. The van der Waals surface area contributed by atoms with Crippen molar-refractivity contribution < 1.29 is 9.59 Å². The van der Waals surface area contributed by atoms with Gasteiger partial charge in [0.2, 0.25) is 5.91 Å². The first-order valence-electron chi connectivity index (χ1n) is 7.68. The number of likely N-dealkylation sites (N-methyl/N-ethyl adjacent to an activating group) is 1. The molecule has 2 N–H and O–H groups in total. The van der Waals surface area contributed by atoms with Crippen molar-refractivity contribution in [1.29, 1.82) is 0 Å². The van der Waals surface area contributed by atoms with E-state index < -0.39 is 0 Å². The van der Waals surface area contributed by atoms with Gasteiger partial charge >= 0.3 is 6.03 Å². The Hall–Kier alpha value is -1.30. The van der Waals surface area contributed by atoms with E-state index in [9.17, 15) is 9.59 Å². The van der Waals surface area contributed by atoms with Gasteiger partial charge < -0.3 is 20.4 Å². The van der Waals surface area contributed by atoms with Gasteiger partial charge in [0.1, 0.15) is 0 Å². The molecule has 0 aromatic carbocycles. The molecule has 1 unspecified atom stereocenters. The van der Waals surface area contributed by atoms with Crippen LogP contribution in [-0.4, -0.2) is 68.1 Å². The van der Waals surface area contributed by atoms with E-state index in [1.165, 1.54) is 0 Å². The third-order valence-electron chi connectivity index (χ3n) is 4.11. The first-order chi connectivity index (χ1) is 9.72. The van der Waals surface area contributed by atoms with E-state index in [4.69, 9.17) is 0 Å². The van der Waals surface area contributed by atoms with Crippen LogP contribution in [0.4, 0.5) is 4.79 Å². The van der Waals surface area contributed by atoms with E-state index in [1.54, 1.807) is 0 Å². The number of rotatable bonds is 4. The average Bonchev–Trinajstić information content (AvgIpc) is 3.01. The lowest BCUT2D eigenvalue weighted by atomic mass is 9.97. The fraction of sp³-hybridized carbons (Fsp3) is 0.857.